The van der Waals surface area contributed by atoms with E-state index in [9.17, 15) is 9.59 Å². The molecule has 3 rings (SSSR count). The van der Waals surface area contributed by atoms with Crippen LogP contribution in [0.3, 0.4) is 0 Å². The van der Waals surface area contributed by atoms with E-state index in [1.165, 1.54) is 11.8 Å². The number of hydrogen-bond acceptors (Lipinski definition) is 4. The molecule has 0 fully saturated rings. The van der Waals surface area contributed by atoms with Crippen LogP contribution in [0, 0.1) is 13.8 Å². The Hall–Kier alpha value is -2.28. The molecule has 2 aromatic rings. The first kappa shape index (κ1) is 17.5. The van der Waals surface area contributed by atoms with Crippen LogP contribution >= 0.6 is 11.8 Å². The minimum atomic E-state index is -0.131. The number of hydrogen-bond donors (Lipinski definition) is 2. The second-order valence-electron chi connectivity index (χ2n) is 6.22. The molecule has 132 valence electrons. The van der Waals surface area contributed by atoms with Crippen molar-refractivity contribution in [2.24, 2.45) is 0 Å². The van der Waals surface area contributed by atoms with E-state index < -0.39 is 0 Å². The van der Waals surface area contributed by atoms with Crippen molar-refractivity contribution >= 4 is 29.3 Å². The van der Waals surface area contributed by atoms with Crippen LogP contribution < -0.4 is 10.6 Å². The number of amides is 2. The van der Waals surface area contributed by atoms with Crippen molar-refractivity contribution in [3.05, 3.63) is 41.2 Å². The van der Waals surface area contributed by atoms with Gasteiger partial charge in [-0.25, -0.2) is 0 Å². The number of nitrogens with zero attached hydrogens (tertiary/aromatic N) is 2. The fourth-order valence-electron chi connectivity index (χ4n) is 2.78. The van der Waals surface area contributed by atoms with E-state index in [1.54, 1.807) is 12.1 Å². The molecule has 1 aliphatic heterocycles. The molecule has 1 atom stereocenters. The quantitative estimate of drug-likeness (QED) is 0.806. The highest BCUT2D eigenvalue weighted by Crippen LogP contribution is 2.35. The Balaban J connectivity index is 1.54. The van der Waals surface area contributed by atoms with Crippen LogP contribution in [0.4, 0.5) is 5.69 Å². The summed E-state index contributed by atoms with van der Waals surface area (Å²) in [6, 6.07) is 7.47. The van der Waals surface area contributed by atoms with E-state index in [-0.39, 0.29) is 17.1 Å². The molecule has 1 aromatic carbocycles. The molecule has 0 unspecified atom stereocenters. The smallest absolute Gasteiger partial charge is 0.251 e. The minimum Gasteiger partial charge on any atom is -0.352 e. The van der Waals surface area contributed by atoms with Crippen LogP contribution in [0.25, 0.3) is 0 Å². The van der Waals surface area contributed by atoms with Gasteiger partial charge in [0, 0.05) is 29.2 Å². The molecule has 6 nitrogen and oxygen atoms in total. The summed E-state index contributed by atoms with van der Waals surface area (Å²) in [7, 11) is 0. The first-order chi connectivity index (χ1) is 11.9. The Morgan fingerprint density at radius 3 is 2.88 bits per heavy atom. The summed E-state index contributed by atoms with van der Waals surface area (Å²) in [4.78, 5) is 25.1. The largest absolute Gasteiger partial charge is 0.352 e. The summed E-state index contributed by atoms with van der Waals surface area (Å²) in [6.07, 6.45) is 0.808. The van der Waals surface area contributed by atoms with Crippen LogP contribution in [0.1, 0.15) is 35.1 Å². The first-order valence-electron chi connectivity index (χ1n) is 8.35. The molecule has 0 aliphatic carbocycles. The Labute approximate surface area is 151 Å². The Morgan fingerprint density at radius 1 is 1.36 bits per heavy atom. The van der Waals surface area contributed by atoms with Crippen LogP contribution in [0.15, 0.2) is 29.2 Å². The van der Waals surface area contributed by atoms with Gasteiger partial charge < -0.3 is 10.6 Å². The van der Waals surface area contributed by atoms with Crippen molar-refractivity contribution in [3.63, 3.8) is 0 Å². The molecule has 2 heterocycles. The number of anilines is 1. The fourth-order valence-corrected chi connectivity index (χ4v) is 3.71. The van der Waals surface area contributed by atoms with Gasteiger partial charge in [0.15, 0.2) is 0 Å². The molecule has 1 aliphatic rings. The third-order valence-corrected chi connectivity index (χ3v) is 5.29. The van der Waals surface area contributed by atoms with Gasteiger partial charge in [-0.3, -0.25) is 14.3 Å². The highest BCUT2D eigenvalue weighted by Gasteiger charge is 2.23. The number of carbonyl (C=O) groups excluding carboxylic acids is 2. The molecule has 0 radical (unpaired) electrons. The van der Waals surface area contributed by atoms with Crippen molar-refractivity contribution in [3.8, 4) is 0 Å². The third-order valence-electron chi connectivity index (χ3n) is 4.11. The molecule has 0 bridgehead atoms. The summed E-state index contributed by atoms with van der Waals surface area (Å²) in [5.74, 6) is -0.158. The molecule has 2 N–H and O–H groups in total. The Bertz CT molecular complexity index is 815. The number of aromatic nitrogens is 2. The number of aryl methyl sites for hydroxylation is 3. The standard InChI is InChI=1S/C18H22N4O2S/c1-11-9-12(2)22(21-11)8-4-7-19-18(24)14-5-6-16-15(10-14)20-17(23)13(3)25-16/h5-6,9-10,13H,4,7-8H2,1-3H3,(H,19,24)(H,20,23)/t13-/m0/s1. The van der Waals surface area contributed by atoms with E-state index in [1.807, 2.05) is 37.6 Å². The minimum absolute atomic E-state index is 0.0278. The third kappa shape index (κ3) is 4.04. The highest BCUT2D eigenvalue weighted by atomic mass is 32.2. The lowest BCUT2D eigenvalue weighted by molar-refractivity contribution is -0.115. The van der Waals surface area contributed by atoms with Crippen molar-refractivity contribution in [1.82, 2.24) is 15.1 Å². The molecule has 7 heteroatoms. The normalized spacial score (nSPS) is 16.3. The van der Waals surface area contributed by atoms with Gasteiger partial charge in [0.2, 0.25) is 5.91 Å². The van der Waals surface area contributed by atoms with E-state index in [0.29, 0.717) is 17.8 Å². The highest BCUT2D eigenvalue weighted by molar-refractivity contribution is 8.00. The number of nitrogens with one attached hydrogen (secondary N) is 2. The first-order valence-corrected chi connectivity index (χ1v) is 9.23. The van der Waals surface area contributed by atoms with Crippen molar-refractivity contribution in [2.45, 2.75) is 43.9 Å². The summed E-state index contributed by atoms with van der Waals surface area (Å²) in [6.45, 7) is 7.21. The van der Waals surface area contributed by atoms with E-state index >= 15 is 0 Å². The Kier molecular flexibility index (Phi) is 5.13. The number of fused-ring (bicyclic) bond motifs is 1. The zero-order chi connectivity index (χ0) is 18.0. The number of thioether (sulfide) groups is 1. The second kappa shape index (κ2) is 7.31. The Morgan fingerprint density at radius 2 is 2.16 bits per heavy atom. The lowest BCUT2D eigenvalue weighted by Crippen LogP contribution is -2.28. The number of carbonyl (C=O) groups is 2. The van der Waals surface area contributed by atoms with Crippen LogP contribution in [0.2, 0.25) is 0 Å². The average molecular weight is 358 g/mol. The molecule has 1 aromatic heterocycles. The van der Waals surface area contributed by atoms with Crippen molar-refractivity contribution in [1.29, 1.82) is 0 Å². The lowest BCUT2D eigenvalue weighted by Gasteiger charge is -2.21. The lowest BCUT2D eigenvalue weighted by atomic mass is 10.1. The molecule has 2 amide bonds. The average Bonchev–Trinajstić information content (AvgIpc) is 2.89. The maximum absolute atomic E-state index is 12.3. The number of rotatable bonds is 5. The van der Waals surface area contributed by atoms with Gasteiger partial charge in [-0.05, 0) is 51.5 Å². The summed E-state index contributed by atoms with van der Waals surface area (Å²) in [5, 5.41) is 10.1. The number of benzene rings is 1. The summed E-state index contributed by atoms with van der Waals surface area (Å²) < 4.78 is 1.95. The van der Waals surface area contributed by atoms with Crippen LogP contribution in [0.5, 0.6) is 0 Å². The molecule has 0 saturated heterocycles. The van der Waals surface area contributed by atoms with Gasteiger partial charge in [0.1, 0.15) is 0 Å². The summed E-state index contributed by atoms with van der Waals surface area (Å²) >= 11 is 1.51. The van der Waals surface area contributed by atoms with Gasteiger partial charge in [-0.15, -0.1) is 11.8 Å². The summed E-state index contributed by atoms with van der Waals surface area (Å²) in [5.41, 5.74) is 3.40. The van der Waals surface area contributed by atoms with E-state index in [2.05, 4.69) is 15.7 Å². The predicted octanol–water partition coefficient (Wildman–Crippen LogP) is 2.75. The van der Waals surface area contributed by atoms with Gasteiger partial charge in [0.05, 0.1) is 16.6 Å². The van der Waals surface area contributed by atoms with Gasteiger partial charge in [0.25, 0.3) is 5.91 Å². The van der Waals surface area contributed by atoms with Crippen LogP contribution in [-0.2, 0) is 11.3 Å². The van der Waals surface area contributed by atoms with Gasteiger partial charge >= 0.3 is 0 Å². The zero-order valence-electron chi connectivity index (χ0n) is 14.6. The molecular formula is C18H22N4O2S. The topological polar surface area (TPSA) is 76.0 Å². The van der Waals surface area contributed by atoms with Gasteiger partial charge in [-0.2, -0.15) is 5.10 Å². The zero-order valence-corrected chi connectivity index (χ0v) is 15.4. The monoisotopic (exact) mass is 358 g/mol. The second-order valence-corrected chi connectivity index (χ2v) is 7.60. The molecule has 0 spiro atoms. The van der Waals surface area contributed by atoms with Crippen molar-refractivity contribution in [2.75, 3.05) is 11.9 Å². The maximum atomic E-state index is 12.3. The SMILES string of the molecule is Cc1cc(C)n(CCCNC(=O)c2ccc3c(c2)NC(=O)[C@H](C)S3)n1. The van der Waals surface area contributed by atoms with Crippen LogP contribution in [-0.4, -0.2) is 33.4 Å². The van der Waals surface area contributed by atoms with Crippen molar-refractivity contribution < 1.29 is 9.59 Å². The predicted molar refractivity (Wildman–Crippen MR) is 99.0 cm³/mol. The van der Waals surface area contributed by atoms with Gasteiger partial charge in [-0.1, -0.05) is 0 Å². The van der Waals surface area contributed by atoms with E-state index in [0.717, 1.165) is 29.2 Å². The molecule has 0 saturated carbocycles. The van der Waals surface area contributed by atoms with E-state index in [4.69, 9.17) is 0 Å². The maximum Gasteiger partial charge on any atom is 0.251 e. The fraction of sp³-hybridized carbons (Fsp3) is 0.389. The molecule has 25 heavy (non-hydrogen) atoms. The molecular weight excluding hydrogens is 336 g/mol.